The predicted octanol–water partition coefficient (Wildman–Crippen LogP) is 1.05. The first-order valence-electron chi connectivity index (χ1n) is 8.24. The van der Waals surface area contributed by atoms with Crippen molar-refractivity contribution < 1.29 is 9.59 Å². The molecule has 1 fully saturated rings. The lowest BCUT2D eigenvalue weighted by Gasteiger charge is -2.38. The van der Waals surface area contributed by atoms with Gasteiger partial charge in [-0.2, -0.15) is 0 Å². The van der Waals surface area contributed by atoms with Crippen molar-refractivity contribution >= 4 is 11.8 Å². The summed E-state index contributed by atoms with van der Waals surface area (Å²) in [5.41, 5.74) is 0.193. The fourth-order valence-corrected chi connectivity index (χ4v) is 2.96. The van der Waals surface area contributed by atoms with Gasteiger partial charge in [0.1, 0.15) is 0 Å². The Kier molecular flexibility index (Phi) is 6.10. The number of amides is 2. The SMILES string of the molecule is CCN1CCCC(C)(C(=O)NCCNC(=O)c2cccnc2)C1. The van der Waals surface area contributed by atoms with E-state index in [0.717, 1.165) is 32.5 Å². The molecule has 0 spiro atoms. The van der Waals surface area contributed by atoms with E-state index in [1.54, 1.807) is 18.3 Å². The minimum absolute atomic E-state index is 0.0753. The maximum Gasteiger partial charge on any atom is 0.252 e. The normalized spacial score (nSPS) is 21.7. The average molecular weight is 318 g/mol. The van der Waals surface area contributed by atoms with Gasteiger partial charge < -0.3 is 15.5 Å². The third-order valence-corrected chi connectivity index (χ3v) is 4.39. The van der Waals surface area contributed by atoms with E-state index in [4.69, 9.17) is 0 Å². The molecule has 0 aromatic carbocycles. The van der Waals surface area contributed by atoms with Gasteiger partial charge in [0, 0.05) is 32.0 Å². The number of piperidine rings is 1. The van der Waals surface area contributed by atoms with Crippen LogP contribution in [-0.4, -0.2) is 54.4 Å². The monoisotopic (exact) mass is 318 g/mol. The van der Waals surface area contributed by atoms with Gasteiger partial charge in [-0.05, 0) is 45.0 Å². The Morgan fingerprint density at radius 3 is 2.83 bits per heavy atom. The highest BCUT2D eigenvalue weighted by molar-refractivity contribution is 5.93. The van der Waals surface area contributed by atoms with Crippen LogP contribution in [0.3, 0.4) is 0 Å². The molecule has 6 nitrogen and oxygen atoms in total. The zero-order chi connectivity index (χ0) is 16.7. The molecular formula is C17H26N4O2. The second-order valence-electron chi connectivity index (χ2n) is 6.29. The summed E-state index contributed by atoms with van der Waals surface area (Å²) < 4.78 is 0. The van der Waals surface area contributed by atoms with Crippen LogP contribution in [0.2, 0.25) is 0 Å². The zero-order valence-electron chi connectivity index (χ0n) is 14.0. The van der Waals surface area contributed by atoms with E-state index in [1.165, 1.54) is 6.20 Å². The van der Waals surface area contributed by atoms with Gasteiger partial charge in [0.05, 0.1) is 11.0 Å². The van der Waals surface area contributed by atoms with Gasteiger partial charge in [-0.25, -0.2) is 0 Å². The molecule has 1 unspecified atom stereocenters. The Hall–Kier alpha value is -1.95. The Balaban J connectivity index is 1.73. The summed E-state index contributed by atoms with van der Waals surface area (Å²) in [6.45, 7) is 7.84. The molecule has 6 heteroatoms. The molecule has 2 heterocycles. The second kappa shape index (κ2) is 8.06. The van der Waals surface area contributed by atoms with Crippen LogP contribution in [0, 0.1) is 5.41 Å². The average Bonchev–Trinajstić information content (AvgIpc) is 2.59. The highest BCUT2D eigenvalue weighted by Gasteiger charge is 2.36. The molecule has 0 radical (unpaired) electrons. The summed E-state index contributed by atoms with van der Waals surface area (Å²) in [7, 11) is 0. The highest BCUT2D eigenvalue weighted by atomic mass is 16.2. The second-order valence-corrected chi connectivity index (χ2v) is 6.29. The van der Waals surface area contributed by atoms with Crippen LogP contribution in [0.25, 0.3) is 0 Å². The molecule has 1 saturated heterocycles. The molecule has 0 bridgehead atoms. The third kappa shape index (κ3) is 4.76. The smallest absolute Gasteiger partial charge is 0.252 e. The fourth-order valence-electron chi connectivity index (χ4n) is 2.96. The maximum absolute atomic E-state index is 12.4. The van der Waals surface area contributed by atoms with E-state index in [-0.39, 0.29) is 17.2 Å². The molecule has 0 aliphatic carbocycles. The number of rotatable bonds is 6. The van der Waals surface area contributed by atoms with Gasteiger partial charge in [-0.15, -0.1) is 0 Å². The number of hydrogen-bond acceptors (Lipinski definition) is 4. The van der Waals surface area contributed by atoms with E-state index in [2.05, 4.69) is 27.4 Å². The van der Waals surface area contributed by atoms with Crippen LogP contribution in [0.4, 0.5) is 0 Å². The molecule has 1 aliphatic rings. The predicted molar refractivity (Wildman–Crippen MR) is 89.0 cm³/mol. The van der Waals surface area contributed by atoms with Crippen LogP contribution in [-0.2, 0) is 4.79 Å². The highest BCUT2D eigenvalue weighted by Crippen LogP contribution is 2.29. The Morgan fingerprint density at radius 1 is 1.35 bits per heavy atom. The number of nitrogens with one attached hydrogen (secondary N) is 2. The Morgan fingerprint density at radius 2 is 2.13 bits per heavy atom. The van der Waals surface area contributed by atoms with Crippen molar-refractivity contribution in [3.63, 3.8) is 0 Å². The molecule has 1 aromatic heterocycles. The largest absolute Gasteiger partial charge is 0.354 e. The van der Waals surface area contributed by atoms with Gasteiger partial charge in [0.2, 0.25) is 5.91 Å². The number of hydrogen-bond donors (Lipinski definition) is 2. The van der Waals surface area contributed by atoms with Crippen LogP contribution in [0.15, 0.2) is 24.5 Å². The van der Waals surface area contributed by atoms with E-state index in [0.29, 0.717) is 18.7 Å². The number of carbonyl (C=O) groups is 2. The van der Waals surface area contributed by atoms with Crippen molar-refractivity contribution in [3.05, 3.63) is 30.1 Å². The summed E-state index contributed by atoms with van der Waals surface area (Å²) in [5, 5.41) is 5.73. The summed E-state index contributed by atoms with van der Waals surface area (Å²) in [5.74, 6) is -0.0975. The standard InChI is InChI=1S/C17H26N4O2/c1-3-21-11-5-7-17(2,13-21)16(23)20-10-9-19-15(22)14-6-4-8-18-12-14/h4,6,8,12H,3,5,7,9-11,13H2,1-2H3,(H,19,22)(H,20,23). The van der Waals surface area contributed by atoms with Gasteiger partial charge in [-0.1, -0.05) is 6.92 Å². The summed E-state index contributed by atoms with van der Waals surface area (Å²) >= 11 is 0. The quantitative estimate of drug-likeness (QED) is 0.769. The minimum atomic E-state index is -0.332. The Labute approximate surface area is 137 Å². The summed E-state index contributed by atoms with van der Waals surface area (Å²) in [6, 6.07) is 3.43. The van der Waals surface area contributed by atoms with E-state index in [1.807, 2.05) is 6.92 Å². The molecule has 2 N–H and O–H groups in total. The summed E-state index contributed by atoms with van der Waals surface area (Å²) in [4.78, 5) is 30.5. The van der Waals surface area contributed by atoms with Crippen molar-refractivity contribution in [1.82, 2.24) is 20.5 Å². The molecule has 1 atom stereocenters. The van der Waals surface area contributed by atoms with Crippen molar-refractivity contribution in [1.29, 1.82) is 0 Å². The molecular weight excluding hydrogens is 292 g/mol. The maximum atomic E-state index is 12.4. The molecule has 2 rings (SSSR count). The first kappa shape index (κ1) is 17.4. The number of aromatic nitrogens is 1. The number of carbonyl (C=O) groups excluding carboxylic acids is 2. The zero-order valence-corrected chi connectivity index (χ0v) is 14.0. The Bertz CT molecular complexity index is 535. The molecule has 1 aromatic rings. The fraction of sp³-hybridized carbons (Fsp3) is 0.588. The lowest BCUT2D eigenvalue weighted by atomic mass is 9.81. The van der Waals surface area contributed by atoms with Gasteiger partial charge in [0.15, 0.2) is 0 Å². The topological polar surface area (TPSA) is 74.3 Å². The first-order chi connectivity index (χ1) is 11.0. The number of pyridine rings is 1. The molecule has 0 saturated carbocycles. The van der Waals surface area contributed by atoms with Gasteiger partial charge in [-0.3, -0.25) is 14.6 Å². The number of nitrogens with zero attached hydrogens (tertiary/aromatic N) is 2. The van der Waals surface area contributed by atoms with Crippen molar-refractivity contribution in [3.8, 4) is 0 Å². The molecule has 2 amide bonds. The van der Waals surface area contributed by atoms with Crippen LogP contribution >= 0.6 is 0 Å². The lowest BCUT2D eigenvalue weighted by Crippen LogP contribution is -2.51. The van der Waals surface area contributed by atoms with Crippen molar-refractivity contribution in [2.45, 2.75) is 26.7 Å². The van der Waals surface area contributed by atoms with E-state index < -0.39 is 0 Å². The van der Waals surface area contributed by atoms with Crippen molar-refractivity contribution in [2.75, 3.05) is 32.7 Å². The van der Waals surface area contributed by atoms with E-state index in [9.17, 15) is 9.59 Å². The number of likely N-dealkylation sites (tertiary alicyclic amines) is 1. The molecule has 1 aliphatic heterocycles. The van der Waals surface area contributed by atoms with Gasteiger partial charge in [0.25, 0.3) is 5.91 Å². The summed E-state index contributed by atoms with van der Waals surface area (Å²) in [6.07, 6.45) is 5.12. The van der Waals surface area contributed by atoms with Gasteiger partial charge >= 0.3 is 0 Å². The van der Waals surface area contributed by atoms with Crippen LogP contribution in [0.1, 0.15) is 37.0 Å². The van der Waals surface area contributed by atoms with Crippen molar-refractivity contribution in [2.24, 2.45) is 5.41 Å². The molecule has 23 heavy (non-hydrogen) atoms. The molecule has 126 valence electrons. The minimum Gasteiger partial charge on any atom is -0.354 e. The van der Waals surface area contributed by atoms with Crippen LogP contribution in [0.5, 0.6) is 0 Å². The third-order valence-electron chi connectivity index (χ3n) is 4.39. The van der Waals surface area contributed by atoms with Crippen LogP contribution < -0.4 is 10.6 Å². The van der Waals surface area contributed by atoms with E-state index >= 15 is 0 Å². The first-order valence-corrected chi connectivity index (χ1v) is 8.24. The lowest BCUT2D eigenvalue weighted by molar-refractivity contribution is -0.133.